The molecule has 0 amide bonds. The second-order valence-electron chi connectivity index (χ2n) is 3.68. The van der Waals surface area contributed by atoms with Crippen molar-refractivity contribution in [2.75, 3.05) is 0 Å². The van der Waals surface area contributed by atoms with E-state index in [0.717, 1.165) is 22.2 Å². The monoisotopic (exact) mass is 220 g/mol. The van der Waals surface area contributed by atoms with Gasteiger partial charge in [-0.2, -0.15) is 10.4 Å². The predicted octanol–water partition coefficient (Wildman–Crippen LogP) is 2.50. The summed E-state index contributed by atoms with van der Waals surface area (Å²) in [5, 5.41) is 16.8. The fourth-order valence-electron chi connectivity index (χ4n) is 1.79. The van der Waals surface area contributed by atoms with Crippen LogP contribution < -0.4 is 0 Å². The van der Waals surface area contributed by atoms with E-state index in [2.05, 4.69) is 21.3 Å². The Hall–Kier alpha value is -2.67. The van der Waals surface area contributed by atoms with Crippen molar-refractivity contribution in [2.24, 2.45) is 0 Å². The van der Waals surface area contributed by atoms with Crippen LogP contribution in [0.1, 0.15) is 5.56 Å². The molecule has 0 aliphatic carbocycles. The minimum atomic E-state index is 0.628. The highest BCUT2D eigenvalue weighted by Crippen LogP contribution is 2.23. The van der Waals surface area contributed by atoms with Crippen LogP contribution in [0, 0.1) is 11.3 Å². The number of nitrogens with one attached hydrogen (secondary N) is 1. The molecule has 0 unspecified atom stereocenters. The van der Waals surface area contributed by atoms with Gasteiger partial charge in [0.2, 0.25) is 0 Å². The molecule has 0 spiro atoms. The van der Waals surface area contributed by atoms with Crippen LogP contribution >= 0.6 is 0 Å². The lowest BCUT2D eigenvalue weighted by Gasteiger charge is -2.02. The third kappa shape index (κ3) is 1.54. The number of rotatable bonds is 1. The number of nitriles is 1. The Labute approximate surface area is 97.5 Å². The van der Waals surface area contributed by atoms with Crippen molar-refractivity contribution < 1.29 is 0 Å². The number of aromatic nitrogens is 3. The molecule has 2 heterocycles. The molecular weight excluding hydrogens is 212 g/mol. The Morgan fingerprint density at radius 2 is 2.06 bits per heavy atom. The highest BCUT2D eigenvalue weighted by Gasteiger charge is 2.06. The van der Waals surface area contributed by atoms with Gasteiger partial charge in [0.25, 0.3) is 0 Å². The van der Waals surface area contributed by atoms with Gasteiger partial charge in [0.15, 0.2) is 0 Å². The SMILES string of the molecule is N#Cc1ccccc1-c1cc2cn[nH]c2cn1. The molecule has 0 aliphatic heterocycles. The van der Waals surface area contributed by atoms with Crippen molar-refractivity contribution in [3.8, 4) is 17.3 Å². The molecular formula is C13H8N4. The Balaban J connectivity index is 2.23. The van der Waals surface area contributed by atoms with Gasteiger partial charge in [-0.15, -0.1) is 0 Å². The number of hydrogen-bond donors (Lipinski definition) is 1. The lowest BCUT2D eigenvalue weighted by molar-refractivity contribution is 1.11. The van der Waals surface area contributed by atoms with Crippen LogP contribution in [0.4, 0.5) is 0 Å². The van der Waals surface area contributed by atoms with Gasteiger partial charge in [-0.1, -0.05) is 18.2 Å². The van der Waals surface area contributed by atoms with Gasteiger partial charge in [0, 0.05) is 10.9 Å². The summed E-state index contributed by atoms with van der Waals surface area (Å²) in [6.45, 7) is 0. The summed E-state index contributed by atoms with van der Waals surface area (Å²) in [6, 6.07) is 11.5. The number of nitrogens with zero attached hydrogens (tertiary/aromatic N) is 3. The number of fused-ring (bicyclic) bond motifs is 1. The third-order valence-electron chi connectivity index (χ3n) is 2.65. The number of H-pyrrole nitrogens is 1. The summed E-state index contributed by atoms with van der Waals surface area (Å²) in [4.78, 5) is 4.34. The van der Waals surface area contributed by atoms with E-state index >= 15 is 0 Å². The van der Waals surface area contributed by atoms with E-state index < -0.39 is 0 Å². The van der Waals surface area contributed by atoms with E-state index in [0.29, 0.717) is 5.56 Å². The van der Waals surface area contributed by atoms with Crippen molar-refractivity contribution in [2.45, 2.75) is 0 Å². The molecule has 2 aromatic heterocycles. The zero-order valence-corrected chi connectivity index (χ0v) is 8.88. The van der Waals surface area contributed by atoms with Crippen LogP contribution in [-0.2, 0) is 0 Å². The summed E-state index contributed by atoms with van der Waals surface area (Å²) in [6.07, 6.45) is 3.47. The van der Waals surface area contributed by atoms with Gasteiger partial charge >= 0.3 is 0 Å². The normalized spacial score (nSPS) is 10.3. The Bertz CT molecular complexity index is 721. The maximum atomic E-state index is 9.06. The number of aromatic amines is 1. The van der Waals surface area contributed by atoms with E-state index in [1.165, 1.54) is 0 Å². The molecule has 0 bridgehead atoms. The summed E-state index contributed by atoms with van der Waals surface area (Å²) < 4.78 is 0. The first-order chi connectivity index (χ1) is 8.38. The van der Waals surface area contributed by atoms with Crippen molar-refractivity contribution in [1.82, 2.24) is 15.2 Å². The highest BCUT2D eigenvalue weighted by atomic mass is 15.1. The van der Waals surface area contributed by atoms with E-state index in [4.69, 9.17) is 5.26 Å². The average molecular weight is 220 g/mol. The highest BCUT2D eigenvalue weighted by molar-refractivity contribution is 5.82. The summed E-state index contributed by atoms with van der Waals surface area (Å²) in [5.74, 6) is 0. The van der Waals surface area contributed by atoms with Gasteiger partial charge < -0.3 is 0 Å². The Kier molecular flexibility index (Phi) is 2.09. The molecule has 0 saturated heterocycles. The standard InChI is InChI=1S/C13H8N4/c14-6-9-3-1-2-4-11(9)12-5-10-7-16-17-13(10)8-15-12/h1-5,7-8H,(H,16,17). The van der Waals surface area contributed by atoms with Crippen LogP contribution in [0.2, 0.25) is 0 Å². The van der Waals surface area contributed by atoms with E-state index in [1.807, 2.05) is 24.3 Å². The first-order valence-electron chi connectivity index (χ1n) is 5.17. The summed E-state index contributed by atoms with van der Waals surface area (Å²) in [5.41, 5.74) is 3.15. The molecule has 0 aliphatic rings. The fraction of sp³-hybridized carbons (Fsp3) is 0. The Morgan fingerprint density at radius 3 is 2.94 bits per heavy atom. The van der Waals surface area contributed by atoms with Crippen LogP contribution in [0.3, 0.4) is 0 Å². The largest absolute Gasteiger partial charge is 0.276 e. The zero-order chi connectivity index (χ0) is 11.7. The average Bonchev–Trinajstić information content (AvgIpc) is 2.85. The quantitative estimate of drug-likeness (QED) is 0.685. The van der Waals surface area contributed by atoms with Crippen LogP contribution in [0.15, 0.2) is 42.7 Å². The third-order valence-corrected chi connectivity index (χ3v) is 2.65. The van der Waals surface area contributed by atoms with Crippen LogP contribution in [0.5, 0.6) is 0 Å². The lowest BCUT2D eigenvalue weighted by atomic mass is 10.0. The second-order valence-corrected chi connectivity index (χ2v) is 3.68. The van der Waals surface area contributed by atoms with Gasteiger partial charge in [0.1, 0.15) is 0 Å². The molecule has 3 rings (SSSR count). The number of pyridine rings is 1. The van der Waals surface area contributed by atoms with Crippen LogP contribution in [0.25, 0.3) is 22.2 Å². The smallest absolute Gasteiger partial charge is 0.0998 e. The Morgan fingerprint density at radius 1 is 1.18 bits per heavy atom. The van der Waals surface area contributed by atoms with Gasteiger partial charge in [-0.05, 0) is 12.1 Å². The molecule has 1 aromatic carbocycles. The fourth-order valence-corrected chi connectivity index (χ4v) is 1.79. The molecule has 3 aromatic rings. The predicted molar refractivity (Wildman–Crippen MR) is 64.0 cm³/mol. The molecule has 80 valence electrons. The van der Waals surface area contributed by atoms with E-state index in [-0.39, 0.29) is 0 Å². The molecule has 0 fully saturated rings. The van der Waals surface area contributed by atoms with Crippen LogP contribution in [-0.4, -0.2) is 15.2 Å². The van der Waals surface area contributed by atoms with Gasteiger partial charge in [0.05, 0.1) is 35.2 Å². The topological polar surface area (TPSA) is 65.4 Å². The molecule has 0 radical (unpaired) electrons. The first kappa shape index (κ1) is 9.55. The van der Waals surface area contributed by atoms with Gasteiger partial charge in [-0.25, -0.2) is 0 Å². The number of hydrogen-bond acceptors (Lipinski definition) is 3. The van der Waals surface area contributed by atoms with Crippen molar-refractivity contribution in [1.29, 1.82) is 5.26 Å². The van der Waals surface area contributed by atoms with Crippen molar-refractivity contribution in [3.05, 3.63) is 48.3 Å². The minimum Gasteiger partial charge on any atom is -0.276 e. The molecule has 1 N–H and O–H groups in total. The second kappa shape index (κ2) is 3.72. The van der Waals surface area contributed by atoms with Crippen molar-refractivity contribution in [3.63, 3.8) is 0 Å². The molecule has 0 saturated carbocycles. The minimum absolute atomic E-state index is 0.628. The molecule has 0 atom stereocenters. The summed E-state index contributed by atoms with van der Waals surface area (Å²) in [7, 11) is 0. The summed E-state index contributed by atoms with van der Waals surface area (Å²) >= 11 is 0. The molecule has 4 heteroatoms. The maximum Gasteiger partial charge on any atom is 0.0998 e. The van der Waals surface area contributed by atoms with Gasteiger partial charge in [-0.3, -0.25) is 10.1 Å². The van der Waals surface area contributed by atoms with E-state index in [9.17, 15) is 0 Å². The first-order valence-corrected chi connectivity index (χ1v) is 5.17. The number of benzene rings is 1. The lowest BCUT2D eigenvalue weighted by Crippen LogP contribution is -1.87. The van der Waals surface area contributed by atoms with Crippen molar-refractivity contribution >= 4 is 10.9 Å². The van der Waals surface area contributed by atoms with E-state index in [1.54, 1.807) is 18.5 Å². The molecule has 17 heavy (non-hydrogen) atoms. The zero-order valence-electron chi connectivity index (χ0n) is 8.88. The maximum absolute atomic E-state index is 9.06. The molecule has 4 nitrogen and oxygen atoms in total.